The quantitative estimate of drug-likeness (QED) is 0.742. The van der Waals surface area contributed by atoms with Crippen molar-refractivity contribution in [1.82, 2.24) is 0 Å². The van der Waals surface area contributed by atoms with Crippen molar-refractivity contribution >= 4 is 10.8 Å². The minimum Gasteiger partial charge on any atom is -0.489 e. The molecule has 0 amide bonds. The minimum absolute atomic E-state index is 0.142. The van der Waals surface area contributed by atoms with Gasteiger partial charge in [0.15, 0.2) is 0 Å². The van der Waals surface area contributed by atoms with E-state index in [0.29, 0.717) is 5.92 Å². The molecule has 15 heavy (non-hydrogen) atoms. The lowest BCUT2D eigenvalue weighted by Gasteiger charge is -2.24. The summed E-state index contributed by atoms with van der Waals surface area (Å²) in [7, 11) is -0.715. The van der Waals surface area contributed by atoms with Crippen LogP contribution in [0.15, 0.2) is 24.0 Å². The van der Waals surface area contributed by atoms with Gasteiger partial charge in [0.2, 0.25) is 0 Å². The Morgan fingerprint density at radius 1 is 1.53 bits per heavy atom. The zero-order chi connectivity index (χ0) is 11.5. The van der Waals surface area contributed by atoms with E-state index >= 15 is 0 Å². The van der Waals surface area contributed by atoms with E-state index in [1.54, 1.807) is 6.26 Å². The second kappa shape index (κ2) is 4.97. The molecule has 1 aliphatic carbocycles. The Hall–Kier alpha value is -0.570. The Balaban J connectivity index is 2.47. The highest BCUT2D eigenvalue weighted by atomic mass is 32.2. The average molecular weight is 228 g/mol. The van der Waals surface area contributed by atoms with Crippen LogP contribution < -0.4 is 0 Å². The third-order valence-electron chi connectivity index (χ3n) is 2.03. The minimum atomic E-state index is -0.715. The van der Waals surface area contributed by atoms with Gasteiger partial charge in [0.25, 0.3) is 0 Å². The number of hydrogen-bond donors (Lipinski definition) is 0. The van der Waals surface area contributed by atoms with Crippen LogP contribution in [0.2, 0.25) is 0 Å². The highest BCUT2D eigenvalue weighted by molar-refractivity contribution is 7.84. The summed E-state index contributed by atoms with van der Waals surface area (Å²) in [6, 6.07) is 0. The van der Waals surface area contributed by atoms with Gasteiger partial charge in [-0.1, -0.05) is 6.08 Å². The molecule has 2 atom stereocenters. The van der Waals surface area contributed by atoms with E-state index in [0.717, 1.165) is 17.9 Å². The summed E-state index contributed by atoms with van der Waals surface area (Å²) in [5.74, 6) is 2.08. The van der Waals surface area contributed by atoms with Gasteiger partial charge < -0.3 is 4.74 Å². The highest BCUT2D eigenvalue weighted by Crippen LogP contribution is 2.22. The maximum atomic E-state index is 11.0. The van der Waals surface area contributed by atoms with E-state index in [-0.39, 0.29) is 5.60 Å². The van der Waals surface area contributed by atoms with Crippen LogP contribution >= 0.6 is 0 Å². The number of hydrogen-bond acceptors (Lipinski definition) is 2. The van der Waals surface area contributed by atoms with Crippen LogP contribution in [0.1, 0.15) is 27.2 Å². The fourth-order valence-corrected chi connectivity index (χ4v) is 2.35. The summed E-state index contributed by atoms with van der Waals surface area (Å²) >= 11 is 0. The van der Waals surface area contributed by atoms with Gasteiger partial charge in [-0.05, 0) is 45.3 Å². The molecule has 2 nitrogen and oxygen atoms in total. The molecule has 86 valence electrons. The van der Waals surface area contributed by atoms with E-state index in [9.17, 15) is 4.21 Å². The van der Waals surface area contributed by atoms with Crippen molar-refractivity contribution in [3.8, 4) is 0 Å². The summed E-state index contributed by atoms with van der Waals surface area (Å²) in [5, 5.41) is 0. The molecule has 0 aromatic heterocycles. The molecule has 0 N–H and O–H groups in total. The molecule has 0 fully saturated rings. The number of allylic oxidation sites excluding steroid dienone is 3. The van der Waals surface area contributed by atoms with Crippen LogP contribution in [-0.2, 0) is 15.5 Å². The van der Waals surface area contributed by atoms with Crippen molar-refractivity contribution in [2.24, 2.45) is 5.92 Å². The SMILES string of the molecule is CS(=O)CC1C=CC(OC(C)(C)C)=CC1. The molecule has 0 aromatic carbocycles. The molecule has 0 saturated carbocycles. The van der Waals surface area contributed by atoms with Crippen LogP contribution in [0.3, 0.4) is 0 Å². The van der Waals surface area contributed by atoms with E-state index in [1.807, 2.05) is 26.8 Å². The molecule has 0 radical (unpaired) electrons. The van der Waals surface area contributed by atoms with Crippen molar-refractivity contribution in [1.29, 1.82) is 0 Å². The van der Waals surface area contributed by atoms with Crippen LogP contribution in [0.25, 0.3) is 0 Å². The Morgan fingerprint density at radius 2 is 2.20 bits per heavy atom. The van der Waals surface area contributed by atoms with Crippen molar-refractivity contribution < 1.29 is 8.95 Å². The van der Waals surface area contributed by atoms with Gasteiger partial charge in [-0.15, -0.1) is 0 Å². The Kier molecular flexibility index (Phi) is 4.14. The number of rotatable bonds is 3. The maximum Gasteiger partial charge on any atom is 0.115 e. The van der Waals surface area contributed by atoms with Gasteiger partial charge in [-0.25, -0.2) is 0 Å². The fourth-order valence-electron chi connectivity index (χ4n) is 1.50. The molecule has 0 saturated heterocycles. The summed E-state index contributed by atoms with van der Waals surface area (Å²) in [4.78, 5) is 0. The molecule has 0 aliphatic heterocycles. The van der Waals surface area contributed by atoms with E-state index in [2.05, 4.69) is 12.2 Å². The Bertz CT molecular complexity index is 297. The standard InChI is InChI=1S/C12H20O2S/c1-12(2,3)14-11-7-5-10(6-8-11)9-15(4)13/h5,7-8,10H,6,9H2,1-4H3. The second-order valence-electron chi connectivity index (χ2n) is 4.92. The average Bonchev–Trinajstić information content (AvgIpc) is 2.05. The predicted molar refractivity (Wildman–Crippen MR) is 65.1 cm³/mol. The molecule has 1 aliphatic rings. The molecule has 0 spiro atoms. The van der Waals surface area contributed by atoms with Crippen LogP contribution in [-0.4, -0.2) is 21.8 Å². The summed E-state index contributed by atoms with van der Waals surface area (Å²) in [6.07, 6.45) is 8.86. The highest BCUT2D eigenvalue weighted by Gasteiger charge is 2.16. The second-order valence-corrected chi connectivity index (χ2v) is 6.40. The monoisotopic (exact) mass is 228 g/mol. The van der Waals surface area contributed by atoms with E-state index < -0.39 is 10.8 Å². The topological polar surface area (TPSA) is 26.3 Å². The molecule has 3 heteroatoms. The van der Waals surface area contributed by atoms with Crippen molar-refractivity contribution in [3.63, 3.8) is 0 Å². The molecule has 2 unspecified atom stereocenters. The first-order valence-corrected chi connectivity index (χ1v) is 6.97. The van der Waals surface area contributed by atoms with E-state index in [4.69, 9.17) is 4.74 Å². The molecule has 0 bridgehead atoms. The molecule has 1 rings (SSSR count). The normalized spacial score (nSPS) is 23.5. The van der Waals surface area contributed by atoms with Gasteiger partial charge in [0, 0.05) is 22.8 Å². The van der Waals surface area contributed by atoms with Crippen molar-refractivity contribution in [2.45, 2.75) is 32.8 Å². The largest absolute Gasteiger partial charge is 0.489 e. The fraction of sp³-hybridized carbons (Fsp3) is 0.667. The summed E-state index contributed by atoms with van der Waals surface area (Å²) in [5.41, 5.74) is -0.142. The first-order chi connectivity index (χ1) is 6.87. The van der Waals surface area contributed by atoms with Crippen LogP contribution in [0, 0.1) is 5.92 Å². The van der Waals surface area contributed by atoms with E-state index in [1.165, 1.54) is 0 Å². The smallest absolute Gasteiger partial charge is 0.115 e. The zero-order valence-electron chi connectivity index (χ0n) is 9.95. The lowest BCUT2D eigenvalue weighted by atomic mass is 10.0. The lowest BCUT2D eigenvalue weighted by molar-refractivity contribution is 0.0585. The zero-order valence-corrected chi connectivity index (χ0v) is 10.8. The predicted octanol–water partition coefficient (Wildman–Crippen LogP) is 2.64. The van der Waals surface area contributed by atoms with Gasteiger partial charge >= 0.3 is 0 Å². The third kappa shape index (κ3) is 5.17. The maximum absolute atomic E-state index is 11.0. The summed E-state index contributed by atoms with van der Waals surface area (Å²) in [6.45, 7) is 6.11. The van der Waals surface area contributed by atoms with Gasteiger partial charge in [-0.2, -0.15) is 0 Å². The number of ether oxygens (including phenoxy) is 1. The van der Waals surface area contributed by atoms with Crippen LogP contribution in [0.5, 0.6) is 0 Å². The molecular formula is C12H20O2S. The van der Waals surface area contributed by atoms with Crippen molar-refractivity contribution in [3.05, 3.63) is 24.0 Å². The molecule has 0 heterocycles. The lowest BCUT2D eigenvalue weighted by Crippen LogP contribution is -2.19. The molecule has 0 aromatic rings. The van der Waals surface area contributed by atoms with Crippen molar-refractivity contribution in [2.75, 3.05) is 12.0 Å². The first kappa shape index (κ1) is 12.5. The Labute approximate surface area is 94.9 Å². The van der Waals surface area contributed by atoms with Crippen LogP contribution in [0.4, 0.5) is 0 Å². The van der Waals surface area contributed by atoms with Gasteiger partial charge in [0.05, 0.1) is 0 Å². The molecular weight excluding hydrogens is 208 g/mol. The third-order valence-corrected chi connectivity index (χ3v) is 2.92. The van der Waals surface area contributed by atoms with Gasteiger partial charge in [0.1, 0.15) is 11.4 Å². The van der Waals surface area contributed by atoms with Gasteiger partial charge in [-0.3, -0.25) is 4.21 Å². The summed E-state index contributed by atoms with van der Waals surface area (Å²) < 4.78 is 16.8. The first-order valence-electron chi connectivity index (χ1n) is 5.24. The Morgan fingerprint density at radius 3 is 2.60 bits per heavy atom.